The smallest absolute Gasteiger partial charge is 0.116 e. The van der Waals surface area contributed by atoms with E-state index in [1.807, 2.05) is 0 Å². The van der Waals surface area contributed by atoms with Crippen LogP contribution in [0.4, 0.5) is 5.69 Å². The Morgan fingerprint density at radius 2 is 0.941 bits per heavy atom. The van der Waals surface area contributed by atoms with Crippen molar-refractivity contribution in [1.29, 1.82) is 0 Å². The van der Waals surface area contributed by atoms with Gasteiger partial charge in [-0.2, -0.15) is 0 Å². The molecule has 5 heteroatoms. The van der Waals surface area contributed by atoms with Crippen LogP contribution in [0.15, 0.2) is 12.1 Å². The highest BCUT2D eigenvalue weighted by Gasteiger charge is 2.59. The van der Waals surface area contributed by atoms with E-state index in [0.717, 1.165) is 0 Å². The van der Waals surface area contributed by atoms with E-state index in [9.17, 15) is 0 Å². The molecule has 0 amide bonds. The predicted octanol–water partition coefficient (Wildman–Crippen LogP) is 9.32. The van der Waals surface area contributed by atoms with Gasteiger partial charge in [0, 0.05) is 11.9 Å². The predicted molar refractivity (Wildman–Crippen MR) is 174 cm³/mol. The normalized spacial score (nSPS) is 15.1. The third kappa shape index (κ3) is 6.90. The Morgan fingerprint density at radius 1 is 0.618 bits per heavy atom. The number of hydrogen-bond donors (Lipinski definition) is 0. The van der Waals surface area contributed by atoms with E-state index in [4.69, 9.17) is 0 Å². The van der Waals surface area contributed by atoms with Crippen LogP contribution in [0, 0.1) is 0 Å². The summed E-state index contributed by atoms with van der Waals surface area (Å²) in [6.07, 6.45) is 1.23. The summed E-state index contributed by atoms with van der Waals surface area (Å²) < 4.78 is 0.267. The number of rotatable bonds is 6. The molecule has 0 aliphatic rings. The van der Waals surface area contributed by atoms with Gasteiger partial charge in [-0.05, 0) is 42.2 Å². The average molecular weight is 539 g/mol. The number of benzene rings is 1. The maximum atomic E-state index is 3.05. The quantitative estimate of drug-likeness (QED) is 0.257. The zero-order valence-corrected chi connectivity index (χ0v) is 30.9. The molecule has 0 spiro atoms. The van der Waals surface area contributed by atoms with Gasteiger partial charge in [0.15, 0.2) is 0 Å². The largest absolute Gasteiger partial charge is 0.344 e. The van der Waals surface area contributed by atoms with Gasteiger partial charge in [-0.1, -0.05) is 133 Å². The van der Waals surface area contributed by atoms with Gasteiger partial charge in [0.1, 0.15) is 20.7 Å². The highest BCUT2D eigenvalue weighted by atomic mass is 31.0. The van der Waals surface area contributed by atoms with Gasteiger partial charge in [-0.3, -0.25) is 0 Å². The summed E-state index contributed by atoms with van der Waals surface area (Å²) >= 11 is 0. The lowest BCUT2D eigenvalue weighted by Gasteiger charge is -2.56. The van der Waals surface area contributed by atoms with Crippen molar-refractivity contribution in [1.82, 2.24) is 0 Å². The van der Waals surface area contributed by atoms with E-state index in [-0.39, 0.29) is 20.8 Å². The standard InChI is InChI=1S/C29H60NPSi3/c1-26(2,3)22-19-23(27(4,5)6)25(24(20-22)28(7,8)9)30(21-32(10,11)12)29(31,33(13,14)15)34(16,17)18/h19-20H,21,31H2,1-18H3/p+1. The lowest BCUT2D eigenvalue weighted by molar-refractivity contribution is 0.545. The summed E-state index contributed by atoms with van der Waals surface area (Å²) in [4.78, 5) is 3.05. The lowest BCUT2D eigenvalue weighted by Crippen LogP contribution is -2.73. The van der Waals surface area contributed by atoms with Gasteiger partial charge in [-0.15, -0.1) is 0 Å². The van der Waals surface area contributed by atoms with E-state index < -0.39 is 24.2 Å². The fraction of sp³-hybridized carbons (Fsp3) is 0.793. The zero-order valence-electron chi connectivity index (χ0n) is 26.5. The first-order valence-electron chi connectivity index (χ1n) is 13.4. The summed E-state index contributed by atoms with van der Waals surface area (Å²) in [5.74, 6) is 0. The van der Waals surface area contributed by atoms with E-state index in [1.165, 1.54) is 11.7 Å². The molecule has 198 valence electrons. The molecule has 0 bridgehead atoms. The van der Waals surface area contributed by atoms with Gasteiger partial charge in [0.25, 0.3) is 0 Å². The van der Waals surface area contributed by atoms with Crippen LogP contribution in [0.1, 0.15) is 79.0 Å². The van der Waals surface area contributed by atoms with Crippen LogP contribution in [-0.4, -0.2) is 34.9 Å². The molecule has 1 nitrogen and oxygen atoms in total. The van der Waals surface area contributed by atoms with Gasteiger partial charge in [0.2, 0.25) is 0 Å². The summed E-state index contributed by atoms with van der Waals surface area (Å²) in [6.45, 7) is 45.2. The van der Waals surface area contributed by atoms with Crippen molar-refractivity contribution in [2.75, 3.05) is 11.1 Å². The SMILES string of the molecule is CC(C)(C)c1cc(C(C)(C)C)c(N(C[Si](C)(C)C)C([PH3+])([Si](C)(C)C)[Si](C)(C)C)c(C(C)(C)C)c1. The maximum absolute atomic E-state index is 3.05. The molecule has 0 heterocycles. The van der Waals surface area contributed by atoms with Crippen molar-refractivity contribution in [3.63, 3.8) is 0 Å². The lowest BCUT2D eigenvalue weighted by atomic mass is 9.74. The molecule has 1 aromatic rings. The van der Waals surface area contributed by atoms with Gasteiger partial charge < -0.3 is 4.90 Å². The molecular weight excluding hydrogens is 478 g/mol. The van der Waals surface area contributed by atoms with Gasteiger partial charge in [-0.25, -0.2) is 0 Å². The monoisotopic (exact) mass is 538 g/mol. The Hall–Kier alpha value is 0.101. The van der Waals surface area contributed by atoms with Crippen molar-refractivity contribution in [3.8, 4) is 0 Å². The van der Waals surface area contributed by atoms with E-state index in [2.05, 4.69) is 148 Å². The molecule has 0 saturated heterocycles. The van der Waals surface area contributed by atoms with E-state index >= 15 is 0 Å². The first-order valence-corrected chi connectivity index (χ1v) is 24.8. The number of nitrogens with zero attached hydrogens (tertiary/aromatic N) is 1. The summed E-state index contributed by atoms with van der Waals surface area (Å²) in [6, 6.07) is 5.17. The Balaban J connectivity index is 4.45. The Kier molecular flexibility index (Phi) is 8.92. The van der Waals surface area contributed by atoms with E-state index in [1.54, 1.807) is 16.8 Å². The molecule has 0 aromatic heterocycles. The van der Waals surface area contributed by atoms with Crippen LogP contribution in [0.25, 0.3) is 0 Å². The van der Waals surface area contributed by atoms with Crippen molar-refractivity contribution in [2.24, 2.45) is 0 Å². The maximum Gasteiger partial charge on any atom is 0.116 e. The van der Waals surface area contributed by atoms with Crippen molar-refractivity contribution in [2.45, 2.75) is 142 Å². The van der Waals surface area contributed by atoms with Crippen molar-refractivity contribution < 1.29 is 0 Å². The van der Waals surface area contributed by atoms with Crippen LogP contribution in [0.5, 0.6) is 0 Å². The van der Waals surface area contributed by atoms with Gasteiger partial charge >= 0.3 is 0 Å². The van der Waals surface area contributed by atoms with Crippen LogP contribution in [0.3, 0.4) is 0 Å². The molecule has 0 radical (unpaired) electrons. The highest BCUT2D eigenvalue weighted by Crippen LogP contribution is 2.51. The first-order chi connectivity index (χ1) is 14.5. The highest BCUT2D eigenvalue weighted by molar-refractivity contribution is 7.36. The Labute approximate surface area is 220 Å². The zero-order chi connectivity index (χ0) is 27.5. The van der Waals surface area contributed by atoms with Crippen LogP contribution >= 0.6 is 9.24 Å². The molecule has 0 saturated carbocycles. The molecular formula is C29H61NPSi3+. The third-order valence-electron chi connectivity index (χ3n) is 7.44. The van der Waals surface area contributed by atoms with Gasteiger partial charge in [0.05, 0.1) is 8.07 Å². The minimum Gasteiger partial charge on any atom is -0.344 e. The summed E-state index contributed by atoms with van der Waals surface area (Å²) in [7, 11) is -2.20. The molecule has 1 atom stereocenters. The fourth-order valence-electron chi connectivity index (χ4n) is 5.32. The number of hydrogen-bond acceptors (Lipinski definition) is 1. The summed E-state index contributed by atoms with van der Waals surface area (Å²) in [5.41, 5.74) is 6.45. The summed E-state index contributed by atoms with van der Waals surface area (Å²) in [5, 5.41) is 0. The fourth-order valence-corrected chi connectivity index (χ4v) is 18.5. The minimum atomic E-state index is -1.58. The van der Waals surface area contributed by atoms with Crippen LogP contribution in [-0.2, 0) is 16.2 Å². The second-order valence-electron chi connectivity index (χ2n) is 17.2. The minimum absolute atomic E-state index is 0.0805. The van der Waals surface area contributed by atoms with Crippen molar-refractivity contribution in [3.05, 3.63) is 28.8 Å². The van der Waals surface area contributed by atoms with Crippen LogP contribution in [0.2, 0.25) is 58.9 Å². The molecule has 0 fully saturated rings. The molecule has 1 rings (SSSR count). The molecule has 0 aliphatic heterocycles. The van der Waals surface area contributed by atoms with Crippen molar-refractivity contribution >= 4 is 39.1 Å². The average Bonchev–Trinajstić information content (AvgIpc) is 2.52. The molecule has 1 unspecified atom stereocenters. The Morgan fingerprint density at radius 3 is 1.15 bits per heavy atom. The second kappa shape index (κ2) is 9.44. The van der Waals surface area contributed by atoms with Crippen LogP contribution < -0.4 is 4.90 Å². The van der Waals surface area contributed by atoms with E-state index in [0.29, 0.717) is 0 Å². The second-order valence-corrected chi connectivity index (χ2v) is 36.2. The topological polar surface area (TPSA) is 3.24 Å². The molecule has 1 aromatic carbocycles. The third-order valence-corrected chi connectivity index (χ3v) is 25.4. The molecule has 34 heavy (non-hydrogen) atoms. The molecule has 0 N–H and O–H groups in total. The first kappa shape index (κ1) is 32.1. The molecule has 0 aliphatic carbocycles. The Bertz CT molecular complexity index is 815. The number of anilines is 1.